The number of guanidine groups is 1. The second kappa shape index (κ2) is 10.9. The Morgan fingerprint density at radius 1 is 1.00 bits per heavy atom. The minimum absolute atomic E-state index is 0. The summed E-state index contributed by atoms with van der Waals surface area (Å²) < 4.78 is 0. The molecule has 0 saturated heterocycles. The molecule has 6 heteroatoms. The van der Waals surface area contributed by atoms with Crippen molar-refractivity contribution in [3.8, 4) is 0 Å². The van der Waals surface area contributed by atoms with Gasteiger partial charge in [0.25, 0.3) is 0 Å². The molecule has 4 N–H and O–H groups in total. The maximum atomic E-state index is 11.7. The third-order valence-electron chi connectivity index (χ3n) is 4.00. The van der Waals surface area contributed by atoms with Gasteiger partial charge in [0, 0.05) is 17.3 Å². The SMILES string of the molecule is CC(C)C(=O)Nc1ccc(CN=C(N)Nc2cccc(C(C)C)c2)cc1.I. The molecular formula is C21H29IN4O. The Morgan fingerprint density at radius 3 is 2.26 bits per heavy atom. The molecular weight excluding hydrogens is 451 g/mol. The maximum Gasteiger partial charge on any atom is 0.226 e. The van der Waals surface area contributed by atoms with Crippen LogP contribution in [0.3, 0.4) is 0 Å². The Labute approximate surface area is 178 Å². The van der Waals surface area contributed by atoms with Gasteiger partial charge in [-0.3, -0.25) is 4.79 Å². The number of nitrogens with one attached hydrogen (secondary N) is 2. The van der Waals surface area contributed by atoms with Crippen LogP contribution in [0.4, 0.5) is 11.4 Å². The third-order valence-corrected chi connectivity index (χ3v) is 4.00. The van der Waals surface area contributed by atoms with Crippen LogP contribution in [0.25, 0.3) is 0 Å². The Bertz CT molecular complexity index is 770. The van der Waals surface area contributed by atoms with Crippen LogP contribution in [0.2, 0.25) is 0 Å². The summed E-state index contributed by atoms with van der Waals surface area (Å²) in [6, 6.07) is 15.8. The number of nitrogens with zero attached hydrogens (tertiary/aromatic N) is 1. The van der Waals surface area contributed by atoms with E-state index < -0.39 is 0 Å². The average Bonchev–Trinajstić information content (AvgIpc) is 2.61. The van der Waals surface area contributed by atoms with Crippen molar-refractivity contribution in [3.63, 3.8) is 0 Å². The number of nitrogens with two attached hydrogens (primary N) is 1. The van der Waals surface area contributed by atoms with E-state index >= 15 is 0 Å². The highest BCUT2D eigenvalue weighted by molar-refractivity contribution is 14.0. The molecule has 5 nitrogen and oxygen atoms in total. The molecule has 0 saturated carbocycles. The molecule has 1 amide bonds. The van der Waals surface area contributed by atoms with Gasteiger partial charge in [-0.1, -0.05) is 52.0 Å². The quantitative estimate of drug-likeness (QED) is 0.311. The number of amides is 1. The lowest BCUT2D eigenvalue weighted by Gasteiger charge is -2.10. The molecule has 0 bridgehead atoms. The van der Waals surface area contributed by atoms with E-state index in [1.165, 1.54) is 5.56 Å². The van der Waals surface area contributed by atoms with Gasteiger partial charge in [-0.2, -0.15) is 0 Å². The number of carbonyl (C=O) groups is 1. The number of benzene rings is 2. The molecule has 2 aromatic carbocycles. The predicted octanol–water partition coefficient (Wildman–Crippen LogP) is 4.95. The molecule has 0 fully saturated rings. The topological polar surface area (TPSA) is 79.5 Å². The Kier molecular flexibility index (Phi) is 9.28. The lowest BCUT2D eigenvalue weighted by molar-refractivity contribution is -0.118. The number of hydrogen-bond acceptors (Lipinski definition) is 2. The van der Waals surface area contributed by atoms with Crippen LogP contribution in [0.5, 0.6) is 0 Å². The maximum absolute atomic E-state index is 11.7. The molecule has 0 atom stereocenters. The fourth-order valence-corrected chi connectivity index (χ4v) is 2.32. The molecule has 0 aromatic heterocycles. The molecule has 0 aliphatic heterocycles. The summed E-state index contributed by atoms with van der Waals surface area (Å²) in [5.74, 6) is 0.805. The summed E-state index contributed by atoms with van der Waals surface area (Å²) in [5.41, 5.74) is 9.98. The second-order valence-corrected chi connectivity index (χ2v) is 6.95. The first-order valence-electron chi connectivity index (χ1n) is 8.92. The lowest BCUT2D eigenvalue weighted by atomic mass is 10.0. The summed E-state index contributed by atoms with van der Waals surface area (Å²) >= 11 is 0. The fourth-order valence-electron chi connectivity index (χ4n) is 2.32. The van der Waals surface area contributed by atoms with Gasteiger partial charge in [0.2, 0.25) is 5.91 Å². The minimum Gasteiger partial charge on any atom is -0.370 e. The van der Waals surface area contributed by atoms with Crippen molar-refractivity contribution in [2.75, 3.05) is 10.6 Å². The summed E-state index contributed by atoms with van der Waals surface area (Å²) in [6.07, 6.45) is 0. The third kappa shape index (κ3) is 7.58. The van der Waals surface area contributed by atoms with Gasteiger partial charge in [-0.25, -0.2) is 4.99 Å². The van der Waals surface area contributed by atoms with Crippen LogP contribution < -0.4 is 16.4 Å². The van der Waals surface area contributed by atoms with E-state index in [9.17, 15) is 4.79 Å². The fraction of sp³-hybridized carbons (Fsp3) is 0.333. The Morgan fingerprint density at radius 2 is 1.67 bits per heavy atom. The summed E-state index contributed by atoms with van der Waals surface area (Å²) in [5, 5.41) is 6.00. The van der Waals surface area contributed by atoms with E-state index in [0.717, 1.165) is 16.9 Å². The molecule has 0 heterocycles. The molecule has 2 rings (SSSR count). The van der Waals surface area contributed by atoms with Gasteiger partial charge < -0.3 is 16.4 Å². The zero-order valence-electron chi connectivity index (χ0n) is 16.3. The van der Waals surface area contributed by atoms with Gasteiger partial charge >= 0.3 is 0 Å². The molecule has 0 unspecified atom stereocenters. The van der Waals surface area contributed by atoms with Crippen molar-refractivity contribution in [2.45, 2.75) is 40.2 Å². The number of hydrogen-bond donors (Lipinski definition) is 3. The highest BCUT2D eigenvalue weighted by Gasteiger charge is 2.06. The number of aliphatic imine (C=N–C) groups is 1. The van der Waals surface area contributed by atoms with Crippen LogP contribution in [0, 0.1) is 5.92 Å². The molecule has 146 valence electrons. The van der Waals surface area contributed by atoms with Gasteiger partial charge in [0.1, 0.15) is 0 Å². The summed E-state index contributed by atoms with van der Waals surface area (Å²) in [4.78, 5) is 16.1. The van der Waals surface area contributed by atoms with Crippen LogP contribution >= 0.6 is 24.0 Å². The van der Waals surface area contributed by atoms with Crippen LogP contribution in [-0.4, -0.2) is 11.9 Å². The lowest BCUT2D eigenvalue weighted by Crippen LogP contribution is -2.22. The molecule has 0 spiro atoms. The zero-order valence-corrected chi connectivity index (χ0v) is 18.7. The predicted molar refractivity (Wildman–Crippen MR) is 125 cm³/mol. The van der Waals surface area contributed by atoms with Crippen molar-refractivity contribution in [1.82, 2.24) is 0 Å². The van der Waals surface area contributed by atoms with Gasteiger partial charge in [-0.15, -0.1) is 24.0 Å². The highest BCUT2D eigenvalue weighted by Crippen LogP contribution is 2.18. The smallest absolute Gasteiger partial charge is 0.226 e. The number of carbonyl (C=O) groups excluding carboxylic acids is 1. The zero-order chi connectivity index (χ0) is 19.1. The van der Waals surface area contributed by atoms with E-state index in [2.05, 4.69) is 41.6 Å². The minimum atomic E-state index is -0.0423. The average molecular weight is 480 g/mol. The van der Waals surface area contributed by atoms with Crippen molar-refractivity contribution >= 4 is 47.2 Å². The van der Waals surface area contributed by atoms with Gasteiger partial charge in [0.05, 0.1) is 6.54 Å². The van der Waals surface area contributed by atoms with Gasteiger partial charge in [-0.05, 0) is 41.3 Å². The van der Waals surface area contributed by atoms with E-state index in [1.807, 2.05) is 50.2 Å². The van der Waals surface area contributed by atoms with Crippen molar-refractivity contribution in [2.24, 2.45) is 16.6 Å². The van der Waals surface area contributed by atoms with E-state index in [0.29, 0.717) is 18.4 Å². The molecule has 27 heavy (non-hydrogen) atoms. The van der Waals surface area contributed by atoms with Crippen LogP contribution in [-0.2, 0) is 11.3 Å². The number of rotatable bonds is 6. The number of halogens is 1. The van der Waals surface area contributed by atoms with E-state index in [-0.39, 0.29) is 35.8 Å². The first-order chi connectivity index (χ1) is 12.3. The summed E-state index contributed by atoms with van der Waals surface area (Å²) in [7, 11) is 0. The standard InChI is InChI=1S/C21H28N4O.HI/c1-14(2)17-6-5-7-19(12-17)25-21(22)23-13-16-8-10-18(11-9-16)24-20(26)15(3)4;/h5-12,14-15H,13H2,1-4H3,(H,24,26)(H3,22,23,25);1H. The van der Waals surface area contributed by atoms with Crippen LogP contribution in [0.1, 0.15) is 44.7 Å². The largest absolute Gasteiger partial charge is 0.370 e. The Balaban J connectivity index is 0.00000364. The highest BCUT2D eigenvalue weighted by atomic mass is 127. The van der Waals surface area contributed by atoms with E-state index in [4.69, 9.17) is 5.73 Å². The van der Waals surface area contributed by atoms with Gasteiger partial charge in [0.15, 0.2) is 5.96 Å². The molecule has 0 aliphatic rings. The van der Waals surface area contributed by atoms with Crippen molar-refractivity contribution in [3.05, 3.63) is 59.7 Å². The number of anilines is 2. The second-order valence-electron chi connectivity index (χ2n) is 6.95. The molecule has 2 aromatic rings. The monoisotopic (exact) mass is 480 g/mol. The molecule has 0 radical (unpaired) electrons. The first kappa shape index (κ1) is 23.0. The normalized spacial score (nSPS) is 11.3. The first-order valence-corrected chi connectivity index (χ1v) is 8.92. The Hall–Kier alpha value is -2.09. The summed E-state index contributed by atoms with van der Waals surface area (Å²) in [6.45, 7) is 8.52. The van der Waals surface area contributed by atoms with E-state index in [1.54, 1.807) is 0 Å². The van der Waals surface area contributed by atoms with Crippen molar-refractivity contribution < 1.29 is 4.79 Å². The van der Waals surface area contributed by atoms with Crippen molar-refractivity contribution in [1.29, 1.82) is 0 Å². The molecule has 0 aliphatic carbocycles. The van der Waals surface area contributed by atoms with Crippen LogP contribution in [0.15, 0.2) is 53.5 Å².